The summed E-state index contributed by atoms with van der Waals surface area (Å²) in [6, 6.07) is 0. The van der Waals surface area contributed by atoms with Crippen molar-refractivity contribution in [1.82, 2.24) is 15.0 Å². The molecule has 0 unspecified atom stereocenters. The Hall–Kier alpha value is -0.930. The molecule has 0 saturated carbocycles. The van der Waals surface area contributed by atoms with Gasteiger partial charge < -0.3 is 0 Å². The van der Waals surface area contributed by atoms with Crippen LogP contribution in [-0.2, 0) is 13.5 Å². The van der Waals surface area contributed by atoms with Gasteiger partial charge in [0, 0.05) is 19.7 Å². The largest absolute Gasteiger partial charge is 0.255 e. The minimum absolute atomic E-state index is 0.362. The van der Waals surface area contributed by atoms with Crippen LogP contribution in [0.1, 0.15) is 5.69 Å². The fraction of sp³-hybridized carbons (Fsp3) is 0.600. The highest BCUT2D eigenvalue weighted by molar-refractivity contribution is 4.91. The molecule has 0 bridgehead atoms. The topological polar surface area (TPSA) is 30.7 Å². The maximum atomic E-state index is 11.6. The lowest BCUT2D eigenvalue weighted by Crippen LogP contribution is -1.85. The van der Waals surface area contributed by atoms with Crippen LogP contribution in [0.5, 0.6) is 0 Å². The van der Waals surface area contributed by atoms with Crippen molar-refractivity contribution >= 4 is 0 Å². The predicted octanol–water partition coefficient (Wildman–Crippen LogP) is 0.327. The summed E-state index contributed by atoms with van der Waals surface area (Å²) in [5.41, 5.74) is 0.708. The van der Waals surface area contributed by atoms with Gasteiger partial charge in [0.2, 0.25) is 0 Å². The van der Waals surface area contributed by atoms with E-state index in [0.717, 1.165) is 0 Å². The van der Waals surface area contributed by atoms with Crippen LogP contribution in [0.25, 0.3) is 0 Å². The zero-order chi connectivity index (χ0) is 6.69. The fourth-order valence-electron chi connectivity index (χ4n) is 0.607. The van der Waals surface area contributed by atoms with Crippen LogP contribution >= 0.6 is 0 Å². The molecule has 0 aliphatic heterocycles. The Balaban J connectivity index is 2.61. The first-order chi connectivity index (χ1) is 4.33. The van der Waals surface area contributed by atoms with Crippen molar-refractivity contribution in [3.63, 3.8) is 0 Å². The summed E-state index contributed by atoms with van der Waals surface area (Å²) in [6.45, 7) is -0.362. The van der Waals surface area contributed by atoms with Crippen molar-refractivity contribution in [1.29, 1.82) is 0 Å². The fourth-order valence-corrected chi connectivity index (χ4v) is 0.607. The van der Waals surface area contributed by atoms with Crippen molar-refractivity contribution in [2.24, 2.45) is 7.05 Å². The third-order valence-corrected chi connectivity index (χ3v) is 1.00. The summed E-state index contributed by atoms with van der Waals surface area (Å²) in [6.07, 6.45) is 2.08. The van der Waals surface area contributed by atoms with E-state index in [1.807, 2.05) is 0 Å². The van der Waals surface area contributed by atoms with Gasteiger partial charge in [-0.3, -0.25) is 9.07 Å². The number of aromatic nitrogens is 3. The van der Waals surface area contributed by atoms with Gasteiger partial charge >= 0.3 is 0 Å². The Morgan fingerprint density at radius 2 is 2.56 bits per heavy atom. The molecule has 3 nitrogen and oxygen atoms in total. The molecule has 1 heterocycles. The smallest absolute Gasteiger partial charge is 0.0951 e. The van der Waals surface area contributed by atoms with Crippen molar-refractivity contribution in [2.75, 3.05) is 6.67 Å². The summed E-state index contributed by atoms with van der Waals surface area (Å²) in [5, 5.41) is 7.31. The van der Waals surface area contributed by atoms with E-state index in [1.165, 1.54) is 0 Å². The van der Waals surface area contributed by atoms with Crippen molar-refractivity contribution < 1.29 is 4.39 Å². The zero-order valence-corrected chi connectivity index (χ0v) is 5.21. The number of aryl methyl sites for hydroxylation is 2. The first kappa shape index (κ1) is 6.19. The van der Waals surface area contributed by atoms with Gasteiger partial charge in [0.25, 0.3) is 0 Å². The van der Waals surface area contributed by atoms with Crippen molar-refractivity contribution in [3.8, 4) is 0 Å². The highest BCUT2D eigenvalue weighted by atomic mass is 18.2. The molecule has 4 heteroatoms. The molecule has 0 aromatic carbocycles. The third-order valence-electron chi connectivity index (χ3n) is 1.00. The van der Waals surface area contributed by atoms with Gasteiger partial charge in [0.05, 0.1) is 12.4 Å². The average molecular weight is 128 g/mol. The first-order valence-corrected chi connectivity index (χ1v) is 2.74. The van der Waals surface area contributed by atoms with Crippen LogP contribution in [0.3, 0.4) is 0 Å². The molecular formula is C5H8FN3. The van der Waals surface area contributed by atoms with Crippen LogP contribution in [0.2, 0.25) is 0 Å². The summed E-state index contributed by atoms with van der Waals surface area (Å²) < 4.78 is 13.2. The lowest BCUT2D eigenvalue weighted by molar-refractivity contribution is 0.491. The SMILES string of the molecule is Cn1cc(CC[18F])nn1. The molecule has 50 valence electrons. The second-order valence-corrected chi connectivity index (χ2v) is 1.82. The number of nitrogens with zero attached hydrogens (tertiary/aromatic N) is 3. The molecule has 0 aliphatic carbocycles. The Labute approximate surface area is 52.5 Å². The normalized spacial score (nSPS) is 10.0. The summed E-state index contributed by atoms with van der Waals surface area (Å²) in [5.74, 6) is 0. The van der Waals surface area contributed by atoms with Gasteiger partial charge in [0.15, 0.2) is 0 Å². The van der Waals surface area contributed by atoms with Crippen LogP contribution in [0.15, 0.2) is 6.20 Å². The van der Waals surface area contributed by atoms with E-state index in [2.05, 4.69) is 10.3 Å². The molecule has 1 aromatic heterocycles. The first-order valence-electron chi connectivity index (χ1n) is 2.74. The molecule has 0 amide bonds. The van der Waals surface area contributed by atoms with Crippen LogP contribution < -0.4 is 0 Å². The third kappa shape index (κ3) is 1.48. The Morgan fingerprint density at radius 3 is 3.00 bits per heavy atom. The van der Waals surface area contributed by atoms with Crippen LogP contribution in [-0.4, -0.2) is 21.7 Å². The van der Waals surface area contributed by atoms with E-state index in [9.17, 15) is 4.39 Å². The van der Waals surface area contributed by atoms with Gasteiger partial charge in [-0.1, -0.05) is 5.21 Å². The molecule has 0 N–H and O–H groups in total. The van der Waals surface area contributed by atoms with Gasteiger partial charge in [0.1, 0.15) is 0 Å². The number of halogens is 1. The molecule has 0 atom stereocenters. The Kier molecular flexibility index (Phi) is 1.77. The Morgan fingerprint density at radius 1 is 1.78 bits per heavy atom. The summed E-state index contributed by atoms with van der Waals surface area (Å²) >= 11 is 0. The van der Waals surface area contributed by atoms with E-state index in [4.69, 9.17) is 0 Å². The molecule has 1 aromatic rings. The number of hydrogen-bond donors (Lipinski definition) is 0. The molecular weight excluding hydrogens is 120 g/mol. The highest BCUT2D eigenvalue weighted by Gasteiger charge is 1.94. The molecule has 0 radical (unpaired) electrons. The van der Waals surface area contributed by atoms with Gasteiger partial charge in [-0.25, -0.2) is 0 Å². The van der Waals surface area contributed by atoms with Crippen molar-refractivity contribution in [2.45, 2.75) is 6.42 Å². The van der Waals surface area contributed by atoms with E-state index in [1.54, 1.807) is 17.9 Å². The van der Waals surface area contributed by atoms with Gasteiger partial charge in [-0.15, -0.1) is 5.10 Å². The second kappa shape index (κ2) is 2.57. The zero-order valence-electron chi connectivity index (χ0n) is 5.21. The van der Waals surface area contributed by atoms with E-state index in [0.29, 0.717) is 12.1 Å². The molecule has 0 aliphatic rings. The highest BCUT2D eigenvalue weighted by Crippen LogP contribution is 1.91. The number of hydrogen-bond acceptors (Lipinski definition) is 2. The maximum Gasteiger partial charge on any atom is 0.0951 e. The lowest BCUT2D eigenvalue weighted by Gasteiger charge is -1.82. The quantitative estimate of drug-likeness (QED) is 0.574. The molecule has 0 fully saturated rings. The van der Waals surface area contributed by atoms with Gasteiger partial charge in [-0.2, -0.15) is 0 Å². The molecule has 9 heavy (non-hydrogen) atoms. The lowest BCUT2D eigenvalue weighted by atomic mass is 10.4. The van der Waals surface area contributed by atoms with Crippen LogP contribution in [0, 0.1) is 0 Å². The average Bonchev–Trinajstić information content (AvgIpc) is 2.17. The van der Waals surface area contributed by atoms with E-state index < -0.39 is 0 Å². The Bertz CT molecular complexity index is 184. The molecule has 0 saturated heterocycles. The minimum Gasteiger partial charge on any atom is -0.255 e. The summed E-state index contributed by atoms with van der Waals surface area (Å²) in [4.78, 5) is 0. The standard InChI is InChI=1S/C5H8FN3/c1-9-4-5(2-3-6)7-8-9/h4H,2-3H2,1H3/i6-1. The monoisotopic (exact) mass is 128 g/mol. The van der Waals surface area contributed by atoms with E-state index >= 15 is 0 Å². The van der Waals surface area contributed by atoms with Gasteiger partial charge in [-0.05, 0) is 0 Å². The summed E-state index contributed by atoms with van der Waals surface area (Å²) in [7, 11) is 1.76. The molecule has 1 rings (SSSR count). The predicted molar refractivity (Wildman–Crippen MR) is 30.7 cm³/mol. The van der Waals surface area contributed by atoms with E-state index in [-0.39, 0.29) is 6.67 Å². The molecule has 0 spiro atoms. The minimum atomic E-state index is -0.362. The maximum absolute atomic E-state index is 11.6. The number of rotatable bonds is 2. The number of alkyl halides is 1. The van der Waals surface area contributed by atoms with Crippen molar-refractivity contribution in [3.05, 3.63) is 11.9 Å². The van der Waals surface area contributed by atoms with Crippen LogP contribution in [0.4, 0.5) is 4.39 Å². The second-order valence-electron chi connectivity index (χ2n) is 1.82.